The normalized spacial score (nSPS) is 12.5. The molecule has 0 unspecified atom stereocenters. The fourth-order valence-electron chi connectivity index (χ4n) is 3.26. The largest absolute Gasteiger partial charge is 0.339 e. The molecule has 13 nitrogen and oxygen atoms in total. The lowest BCUT2D eigenvalue weighted by Crippen LogP contribution is -2.14. The number of nitrogens with zero attached hydrogens (tertiary/aromatic N) is 12. The zero-order valence-corrected chi connectivity index (χ0v) is 33.7. The van der Waals surface area contributed by atoms with Gasteiger partial charge in [-0.25, -0.2) is 9.67 Å². The highest BCUT2D eigenvalue weighted by Crippen LogP contribution is 2.22. The van der Waals surface area contributed by atoms with Crippen molar-refractivity contribution in [2.24, 2.45) is 0 Å². The van der Waals surface area contributed by atoms with Gasteiger partial charge in [0.15, 0.2) is 17.5 Å². The molecule has 0 saturated carbocycles. The highest BCUT2D eigenvalue weighted by molar-refractivity contribution is 5.06. The van der Waals surface area contributed by atoms with E-state index in [2.05, 4.69) is 157 Å². The van der Waals surface area contributed by atoms with Crippen molar-refractivity contribution in [3.05, 3.63) is 41.6 Å². The Morgan fingerprint density at radius 1 is 0.562 bits per heavy atom. The number of tetrazole rings is 1. The van der Waals surface area contributed by atoms with Gasteiger partial charge in [0.1, 0.15) is 6.33 Å². The maximum Gasteiger partial charge on any atom is 0.229 e. The number of rotatable bonds is 4. The van der Waals surface area contributed by atoms with Gasteiger partial charge in [-0.3, -0.25) is 4.68 Å². The summed E-state index contributed by atoms with van der Waals surface area (Å²) in [6, 6.07) is 1.08. The van der Waals surface area contributed by atoms with Crippen LogP contribution >= 0.6 is 0 Å². The molecule has 0 amide bonds. The Morgan fingerprint density at radius 3 is 1.33 bits per heavy atom. The van der Waals surface area contributed by atoms with E-state index >= 15 is 0 Å². The van der Waals surface area contributed by atoms with Crippen LogP contribution in [0.2, 0.25) is 0 Å². The predicted molar refractivity (Wildman–Crippen MR) is 192 cm³/mol. The van der Waals surface area contributed by atoms with Gasteiger partial charge >= 0.3 is 0 Å². The number of hydrogen-bond donors (Lipinski definition) is 0. The fraction of sp³-hybridized carbons (Fsp3) is 0.800. The van der Waals surface area contributed by atoms with Gasteiger partial charge in [-0.05, 0) is 46.8 Å². The Kier molecular flexibility index (Phi) is 14.8. The van der Waals surface area contributed by atoms with Crippen molar-refractivity contribution in [1.29, 1.82) is 0 Å². The van der Waals surface area contributed by atoms with E-state index < -0.39 is 0 Å². The van der Waals surface area contributed by atoms with E-state index in [1.807, 2.05) is 43.3 Å². The second-order valence-corrected chi connectivity index (χ2v) is 17.5. The van der Waals surface area contributed by atoms with Gasteiger partial charge in [0.25, 0.3) is 0 Å². The van der Waals surface area contributed by atoms with Gasteiger partial charge in [0.05, 0.1) is 11.7 Å². The molecule has 0 radical (unpaired) electrons. The zero-order valence-electron chi connectivity index (χ0n) is 33.7. The summed E-state index contributed by atoms with van der Waals surface area (Å²) in [5.41, 5.74) is 1.19. The van der Waals surface area contributed by atoms with E-state index in [0.717, 1.165) is 29.1 Å². The summed E-state index contributed by atoms with van der Waals surface area (Å²) in [5, 5.41) is 28.7. The Labute approximate surface area is 290 Å². The molecule has 0 bridgehead atoms. The van der Waals surface area contributed by atoms with Crippen LogP contribution in [0.25, 0.3) is 0 Å². The molecule has 0 aliphatic carbocycles. The van der Waals surface area contributed by atoms with Gasteiger partial charge in [0.2, 0.25) is 5.89 Å². The Hall–Kier alpha value is -3.51. The Bertz CT molecular complexity index is 1250. The maximum absolute atomic E-state index is 5.09. The van der Waals surface area contributed by atoms with Crippen molar-refractivity contribution in [2.75, 3.05) is 0 Å². The second-order valence-electron chi connectivity index (χ2n) is 17.5. The molecule has 13 heteroatoms. The predicted octanol–water partition coefficient (Wildman–Crippen LogP) is 8.36. The van der Waals surface area contributed by atoms with Crippen molar-refractivity contribution in [3.63, 3.8) is 0 Å². The van der Waals surface area contributed by atoms with Crippen LogP contribution in [-0.2, 0) is 21.7 Å². The van der Waals surface area contributed by atoms with E-state index in [9.17, 15) is 0 Å². The molecular formula is C35H66N12O. The van der Waals surface area contributed by atoms with Crippen molar-refractivity contribution < 1.29 is 4.52 Å². The van der Waals surface area contributed by atoms with Crippen LogP contribution in [0.5, 0.6) is 0 Å². The van der Waals surface area contributed by atoms with Gasteiger partial charge in [-0.15, -0.1) is 15.3 Å². The third kappa shape index (κ3) is 13.9. The van der Waals surface area contributed by atoms with Crippen LogP contribution in [0.3, 0.4) is 0 Å². The van der Waals surface area contributed by atoms with Gasteiger partial charge < -0.3 is 4.52 Å². The summed E-state index contributed by atoms with van der Waals surface area (Å²) in [5.74, 6) is 3.53. The minimum Gasteiger partial charge on any atom is -0.339 e. The first-order valence-corrected chi connectivity index (χ1v) is 17.1. The quantitative estimate of drug-likeness (QED) is 0.208. The molecule has 48 heavy (non-hydrogen) atoms. The second kappa shape index (κ2) is 16.7. The Balaban J connectivity index is 0.000000320. The molecule has 272 valence electrons. The first-order valence-electron chi connectivity index (χ1n) is 17.1. The lowest BCUT2D eigenvalue weighted by atomic mass is 9.93. The first-order chi connectivity index (χ1) is 21.6. The summed E-state index contributed by atoms with van der Waals surface area (Å²) in [6.45, 7) is 41.8. The van der Waals surface area contributed by atoms with Crippen LogP contribution in [0.4, 0.5) is 0 Å². The standard InChI is InChI=1S/2C9H17N3.C9H16N2O.C8H16N4/c1-7(2)12-6-10-8(11-12)9(3,4)5;1-7(2)12-6-8(10-11-12)9(3,4)5;1-6(2)7-10-8(11-12-7)9(3,4)5;1-6(2)12-10-7(9-11-12)8(3,4)5/h2*6-7H,1-5H3;2*6H,1-5H3. The summed E-state index contributed by atoms with van der Waals surface area (Å²) in [4.78, 5) is 10.2. The summed E-state index contributed by atoms with van der Waals surface area (Å²) >= 11 is 0. The van der Waals surface area contributed by atoms with Crippen molar-refractivity contribution in [2.45, 2.75) is 184 Å². The average Bonchev–Trinajstić information content (AvgIpc) is 3.74. The summed E-state index contributed by atoms with van der Waals surface area (Å²) in [6.07, 6.45) is 3.82. The minimum atomic E-state index is -0.0172. The van der Waals surface area contributed by atoms with E-state index in [1.54, 1.807) is 11.1 Å². The molecule has 0 spiro atoms. The molecule has 0 saturated heterocycles. The lowest BCUT2D eigenvalue weighted by Gasteiger charge is -2.13. The summed E-state index contributed by atoms with van der Waals surface area (Å²) in [7, 11) is 0. The average molecular weight is 671 g/mol. The molecule has 4 aromatic heterocycles. The highest BCUT2D eigenvalue weighted by atomic mass is 16.5. The monoisotopic (exact) mass is 671 g/mol. The molecule has 0 fully saturated rings. The smallest absolute Gasteiger partial charge is 0.229 e. The topological polar surface area (TPSA) is 144 Å². The lowest BCUT2D eigenvalue weighted by molar-refractivity contribution is 0.352. The molecule has 4 rings (SSSR count). The maximum atomic E-state index is 5.09. The van der Waals surface area contributed by atoms with Gasteiger partial charge in [0, 0.05) is 45.9 Å². The summed E-state index contributed by atoms with van der Waals surface area (Å²) < 4.78 is 8.87. The molecule has 0 atom stereocenters. The SMILES string of the molecule is CC(C)c1nc(C(C)(C)C)no1.CC(C)n1cc(C(C)(C)C)nn1.CC(C)n1cnc(C(C)(C)C)n1.CC(C)n1nnc(C(C)(C)C)n1. The fourth-order valence-corrected chi connectivity index (χ4v) is 3.26. The van der Waals surface area contributed by atoms with Gasteiger partial charge in [-0.2, -0.15) is 14.9 Å². The van der Waals surface area contributed by atoms with E-state index in [-0.39, 0.29) is 27.7 Å². The van der Waals surface area contributed by atoms with Crippen molar-refractivity contribution in [3.8, 4) is 0 Å². The van der Waals surface area contributed by atoms with Crippen LogP contribution < -0.4 is 0 Å². The molecule has 0 aliphatic rings. The van der Waals surface area contributed by atoms with Crippen molar-refractivity contribution in [1.82, 2.24) is 60.1 Å². The van der Waals surface area contributed by atoms with E-state index in [1.165, 1.54) is 0 Å². The molecule has 4 aromatic rings. The third-order valence-electron chi connectivity index (χ3n) is 6.68. The molecule has 0 aromatic carbocycles. The molecule has 4 heterocycles. The highest BCUT2D eigenvalue weighted by Gasteiger charge is 2.22. The van der Waals surface area contributed by atoms with Crippen LogP contribution in [0.15, 0.2) is 17.0 Å². The Morgan fingerprint density at radius 2 is 1.08 bits per heavy atom. The first kappa shape index (κ1) is 42.5. The van der Waals surface area contributed by atoms with Gasteiger partial charge in [-0.1, -0.05) is 107 Å². The molecular weight excluding hydrogens is 604 g/mol. The van der Waals surface area contributed by atoms with E-state index in [4.69, 9.17) is 4.52 Å². The number of hydrogen-bond acceptors (Lipinski definition) is 10. The molecule has 0 N–H and O–H groups in total. The van der Waals surface area contributed by atoms with E-state index in [0.29, 0.717) is 18.0 Å². The number of aromatic nitrogens is 12. The van der Waals surface area contributed by atoms with Crippen LogP contribution in [0.1, 0.15) is 192 Å². The van der Waals surface area contributed by atoms with Crippen LogP contribution in [-0.4, -0.2) is 60.1 Å². The minimum absolute atomic E-state index is 0.00681. The zero-order chi connectivity index (χ0) is 37.4. The van der Waals surface area contributed by atoms with Crippen molar-refractivity contribution >= 4 is 0 Å². The van der Waals surface area contributed by atoms with Crippen LogP contribution in [0, 0.1) is 0 Å². The third-order valence-corrected chi connectivity index (χ3v) is 6.68. The molecule has 0 aliphatic heterocycles.